The van der Waals surface area contributed by atoms with Crippen molar-refractivity contribution in [1.29, 1.82) is 0 Å². The Hall–Kier alpha value is -1.77. The molecule has 0 aliphatic carbocycles. The number of hydrogen-bond acceptors (Lipinski definition) is 4. The Morgan fingerprint density at radius 2 is 2.00 bits per heavy atom. The van der Waals surface area contributed by atoms with Gasteiger partial charge in [-0.3, -0.25) is 9.59 Å². The van der Waals surface area contributed by atoms with Crippen LogP contribution < -0.4 is 5.32 Å². The van der Waals surface area contributed by atoms with Gasteiger partial charge in [0.1, 0.15) is 11.6 Å². The Labute approximate surface area is 157 Å². The van der Waals surface area contributed by atoms with E-state index in [0.29, 0.717) is 25.2 Å². The highest BCUT2D eigenvalue weighted by atomic mass is 35.5. The molecule has 1 atom stereocenters. The lowest BCUT2D eigenvalue weighted by Crippen LogP contribution is -2.56. The number of carbonyl (C=O) groups excluding carboxylic acids is 2. The smallest absolute Gasteiger partial charge is 0.240 e. The first-order valence-electron chi connectivity index (χ1n) is 8.30. The lowest BCUT2D eigenvalue weighted by atomic mass is 10.1. The van der Waals surface area contributed by atoms with Gasteiger partial charge in [0, 0.05) is 38.8 Å². The zero-order valence-electron chi connectivity index (χ0n) is 14.6. The third-order valence-electron chi connectivity index (χ3n) is 4.16. The van der Waals surface area contributed by atoms with Gasteiger partial charge in [-0.05, 0) is 24.6 Å². The van der Waals surface area contributed by atoms with Crippen molar-refractivity contribution in [2.45, 2.75) is 25.9 Å². The maximum absolute atomic E-state index is 13.3. The molecule has 1 aliphatic heterocycles. The minimum Gasteiger partial charge on any atom is -0.395 e. The maximum Gasteiger partial charge on any atom is 0.240 e. The zero-order valence-corrected chi connectivity index (χ0v) is 15.4. The lowest BCUT2D eigenvalue weighted by molar-refractivity contribution is -0.141. The molecule has 1 heterocycles. The summed E-state index contributed by atoms with van der Waals surface area (Å²) in [6, 6.07) is 2.50. The van der Waals surface area contributed by atoms with Gasteiger partial charge < -0.3 is 20.2 Å². The normalized spacial score (nSPS) is 17.0. The standard InChI is InChI=1S/C17H23F2N3O3.ClH/c1-2-21(5-6-23)16(24)10-15-17(25)22(4-3-20-15)11-12-7-13(18)9-14(19)8-12;/h7-9,15,20,23H,2-6,10-11H2,1H3;1H. The lowest BCUT2D eigenvalue weighted by Gasteiger charge is -2.34. The molecule has 9 heteroatoms. The maximum atomic E-state index is 13.3. The van der Waals surface area contributed by atoms with Crippen LogP contribution in [0.25, 0.3) is 0 Å². The molecule has 1 aromatic carbocycles. The molecule has 2 rings (SSSR count). The minimum absolute atomic E-state index is 0. The molecule has 1 unspecified atom stereocenters. The molecule has 0 spiro atoms. The van der Waals surface area contributed by atoms with Gasteiger partial charge in [0.25, 0.3) is 0 Å². The minimum atomic E-state index is -0.688. The van der Waals surface area contributed by atoms with Crippen LogP contribution in [0.1, 0.15) is 18.9 Å². The summed E-state index contributed by atoms with van der Waals surface area (Å²) in [6.07, 6.45) is -0.0132. The van der Waals surface area contributed by atoms with E-state index in [1.807, 2.05) is 0 Å². The molecule has 1 saturated heterocycles. The van der Waals surface area contributed by atoms with E-state index in [2.05, 4.69) is 5.32 Å². The molecular formula is C17H24ClF2N3O3. The van der Waals surface area contributed by atoms with Gasteiger partial charge in [-0.25, -0.2) is 8.78 Å². The molecular weight excluding hydrogens is 368 g/mol. The molecule has 1 fully saturated rings. The van der Waals surface area contributed by atoms with Gasteiger partial charge in [-0.15, -0.1) is 12.4 Å². The van der Waals surface area contributed by atoms with Gasteiger partial charge in [0.05, 0.1) is 19.1 Å². The zero-order chi connectivity index (χ0) is 18.4. The Bertz CT molecular complexity index is 613. The Balaban J connectivity index is 0.00000338. The van der Waals surface area contributed by atoms with E-state index < -0.39 is 17.7 Å². The van der Waals surface area contributed by atoms with Gasteiger partial charge >= 0.3 is 0 Å². The summed E-state index contributed by atoms with van der Waals surface area (Å²) in [5.41, 5.74) is 0.369. The van der Waals surface area contributed by atoms with E-state index in [9.17, 15) is 18.4 Å². The van der Waals surface area contributed by atoms with E-state index in [1.165, 1.54) is 21.9 Å². The van der Waals surface area contributed by atoms with Crippen molar-refractivity contribution in [2.75, 3.05) is 32.8 Å². The second kappa shape index (κ2) is 10.4. The topological polar surface area (TPSA) is 72.9 Å². The summed E-state index contributed by atoms with van der Waals surface area (Å²) < 4.78 is 26.6. The molecule has 0 bridgehead atoms. The molecule has 146 valence electrons. The van der Waals surface area contributed by atoms with Crippen LogP contribution >= 0.6 is 12.4 Å². The molecule has 6 nitrogen and oxygen atoms in total. The van der Waals surface area contributed by atoms with Crippen LogP contribution in [0.2, 0.25) is 0 Å². The fraction of sp³-hybridized carbons (Fsp3) is 0.529. The number of aliphatic hydroxyl groups excluding tert-OH is 1. The van der Waals surface area contributed by atoms with Crippen molar-refractivity contribution in [3.63, 3.8) is 0 Å². The van der Waals surface area contributed by atoms with Crippen LogP contribution in [-0.2, 0) is 16.1 Å². The molecule has 1 aromatic rings. The summed E-state index contributed by atoms with van der Waals surface area (Å²) in [5, 5.41) is 12.0. The van der Waals surface area contributed by atoms with Crippen LogP contribution in [0.3, 0.4) is 0 Å². The van der Waals surface area contributed by atoms with Crippen LogP contribution in [0.15, 0.2) is 18.2 Å². The third kappa shape index (κ3) is 5.89. The van der Waals surface area contributed by atoms with Crippen LogP contribution in [0.4, 0.5) is 8.78 Å². The summed E-state index contributed by atoms with van der Waals surface area (Å²) in [6.45, 7) is 3.32. The second-order valence-corrected chi connectivity index (χ2v) is 5.95. The molecule has 2 amide bonds. The van der Waals surface area contributed by atoms with Crippen molar-refractivity contribution >= 4 is 24.2 Å². The Morgan fingerprint density at radius 3 is 2.58 bits per heavy atom. The van der Waals surface area contributed by atoms with Crippen molar-refractivity contribution in [1.82, 2.24) is 15.1 Å². The van der Waals surface area contributed by atoms with Crippen molar-refractivity contribution in [3.05, 3.63) is 35.4 Å². The second-order valence-electron chi connectivity index (χ2n) is 5.95. The summed E-state index contributed by atoms with van der Waals surface area (Å²) >= 11 is 0. The SMILES string of the molecule is CCN(CCO)C(=O)CC1NCCN(Cc2cc(F)cc(F)c2)C1=O.Cl. The predicted octanol–water partition coefficient (Wildman–Crippen LogP) is 0.918. The largest absolute Gasteiger partial charge is 0.395 e. The van der Waals surface area contributed by atoms with Gasteiger partial charge in [0.2, 0.25) is 11.8 Å². The van der Waals surface area contributed by atoms with E-state index in [1.54, 1.807) is 6.92 Å². The molecule has 1 aliphatic rings. The predicted molar refractivity (Wildman–Crippen MR) is 94.8 cm³/mol. The summed E-state index contributed by atoms with van der Waals surface area (Å²) in [5.74, 6) is -1.87. The molecule has 26 heavy (non-hydrogen) atoms. The number of benzene rings is 1. The number of nitrogens with one attached hydrogen (secondary N) is 1. The number of hydrogen-bond donors (Lipinski definition) is 2. The fourth-order valence-corrected chi connectivity index (χ4v) is 2.91. The number of aliphatic hydroxyl groups is 1. The number of carbonyl (C=O) groups is 2. The van der Waals surface area contributed by atoms with Gasteiger partial charge in [-0.1, -0.05) is 0 Å². The molecule has 2 N–H and O–H groups in total. The first kappa shape index (κ1) is 22.3. The number of nitrogens with zero attached hydrogens (tertiary/aromatic N) is 2. The number of likely N-dealkylation sites (N-methyl/N-ethyl adjacent to an activating group) is 1. The van der Waals surface area contributed by atoms with E-state index in [-0.39, 0.29) is 50.3 Å². The first-order valence-corrected chi connectivity index (χ1v) is 8.30. The number of piperazine rings is 1. The quantitative estimate of drug-likeness (QED) is 0.725. The number of amides is 2. The van der Waals surface area contributed by atoms with Gasteiger partial charge in [-0.2, -0.15) is 0 Å². The van der Waals surface area contributed by atoms with Crippen molar-refractivity contribution in [2.24, 2.45) is 0 Å². The fourth-order valence-electron chi connectivity index (χ4n) is 2.91. The van der Waals surface area contributed by atoms with Crippen LogP contribution in [0, 0.1) is 11.6 Å². The van der Waals surface area contributed by atoms with Crippen LogP contribution in [-0.4, -0.2) is 65.5 Å². The number of rotatable bonds is 7. The van der Waals surface area contributed by atoms with Crippen molar-refractivity contribution < 1.29 is 23.5 Å². The molecule has 0 saturated carbocycles. The summed E-state index contributed by atoms with van der Waals surface area (Å²) in [4.78, 5) is 27.8. The molecule has 0 radical (unpaired) electrons. The van der Waals surface area contributed by atoms with E-state index in [4.69, 9.17) is 5.11 Å². The highest BCUT2D eigenvalue weighted by molar-refractivity contribution is 5.89. The van der Waals surface area contributed by atoms with Crippen LogP contribution in [0.5, 0.6) is 0 Å². The van der Waals surface area contributed by atoms with Crippen molar-refractivity contribution in [3.8, 4) is 0 Å². The van der Waals surface area contributed by atoms with E-state index in [0.717, 1.165) is 6.07 Å². The Kier molecular flexibility index (Phi) is 8.91. The molecule has 0 aromatic heterocycles. The highest BCUT2D eigenvalue weighted by Crippen LogP contribution is 2.14. The first-order chi connectivity index (χ1) is 11.9. The highest BCUT2D eigenvalue weighted by Gasteiger charge is 2.31. The summed E-state index contributed by atoms with van der Waals surface area (Å²) in [7, 11) is 0. The average Bonchev–Trinajstić information content (AvgIpc) is 2.55. The monoisotopic (exact) mass is 391 g/mol. The Morgan fingerprint density at radius 1 is 1.35 bits per heavy atom. The van der Waals surface area contributed by atoms with Gasteiger partial charge in [0.15, 0.2) is 0 Å². The average molecular weight is 392 g/mol. The number of halogens is 3. The van der Waals surface area contributed by atoms with E-state index >= 15 is 0 Å². The third-order valence-corrected chi connectivity index (χ3v) is 4.16.